The van der Waals surface area contributed by atoms with E-state index < -0.39 is 5.97 Å². The highest BCUT2D eigenvalue weighted by Crippen LogP contribution is 2.33. The molecule has 0 fully saturated rings. The average Bonchev–Trinajstić information content (AvgIpc) is 2.45. The Morgan fingerprint density at radius 2 is 1.92 bits per heavy atom. The molecule has 134 valence electrons. The van der Waals surface area contributed by atoms with Gasteiger partial charge >= 0.3 is 5.97 Å². The van der Waals surface area contributed by atoms with Crippen LogP contribution in [-0.2, 0) is 11.2 Å². The highest BCUT2D eigenvalue weighted by molar-refractivity contribution is 5.97. The van der Waals surface area contributed by atoms with Gasteiger partial charge in [0.15, 0.2) is 5.78 Å². The van der Waals surface area contributed by atoms with Crippen molar-refractivity contribution in [3.8, 4) is 11.5 Å². The van der Waals surface area contributed by atoms with E-state index in [0.717, 1.165) is 19.3 Å². The van der Waals surface area contributed by atoms with Gasteiger partial charge in [0.2, 0.25) is 0 Å². The number of benzene rings is 1. The van der Waals surface area contributed by atoms with Crippen LogP contribution in [0.4, 0.5) is 0 Å². The molecule has 1 rings (SSSR count). The average molecular weight is 336 g/mol. The van der Waals surface area contributed by atoms with E-state index in [1.54, 1.807) is 12.1 Å². The van der Waals surface area contributed by atoms with Crippen LogP contribution < -0.4 is 4.74 Å². The van der Waals surface area contributed by atoms with Crippen molar-refractivity contribution < 1.29 is 24.5 Å². The lowest BCUT2D eigenvalue weighted by Crippen LogP contribution is -2.17. The van der Waals surface area contributed by atoms with Gasteiger partial charge in [-0.3, -0.25) is 9.59 Å². The monoisotopic (exact) mass is 336 g/mol. The number of ether oxygens (including phenoxy) is 1. The summed E-state index contributed by atoms with van der Waals surface area (Å²) in [7, 11) is 0. The Morgan fingerprint density at radius 1 is 1.25 bits per heavy atom. The number of carboxylic acids is 1. The summed E-state index contributed by atoms with van der Waals surface area (Å²) in [4.78, 5) is 22.4. The first-order valence-corrected chi connectivity index (χ1v) is 8.38. The standard InChI is InChI=1S/C19H28O5/c1-5-7-15-16(9-8-14(13(2)20)18(15)23)24-11-6-10-19(3,4)12-17(21)22/h8-9,23H,5-7,10-12H2,1-4H3,(H,21,22). The van der Waals surface area contributed by atoms with Gasteiger partial charge in [0.25, 0.3) is 0 Å². The number of aromatic hydroxyl groups is 1. The third-order valence-electron chi connectivity index (χ3n) is 4.00. The fourth-order valence-corrected chi connectivity index (χ4v) is 2.76. The summed E-state index contributed by atoms with van der Waals surface area (Å²) in [5.74, 6) is -0.369. The Balaban J connectivity index is 2.73. The highest BCUT2D eigenvalue weighted by Gasteiger charge is 2.21. The van der Waals surface area contributed by atoms with E-state index >= 15 is 0 Å². The Kier molecular flexibility index (Phi) is 7.26. The molecule has 0 heterocycles. The minimum absolute atomic E-state index is 0.00746. The van der Waals surface area contributed by atoms with E-state index in [-0.39, 0.29) is 23.4 Å². The lowest BCUT2D eigenvalue weighted by atomic mass is 9.84. The Hall–Kier alpha value is -2.04. The largest absolute Gasteiger partial charge is 0.507 e. The predicted molar refractivity (Wildman–Crippen MR) is 92.9 cm³/mol. The van der Waals surface area contributed by atoms with E-state index in [4.69, 9.17) is 9.84 Å². The summed E-state index contributed by atoms with van der Waals surface area (Å²) >= 11 is 0. The molecule has 0 atom stereocenters. The van der Waals surface area contributed by atoms with Crippen LogP contribution in [0.2, 0.25) is 0 Å². The molecule has 5 heteroatoms. The number of phenols is 1. The normalized spacial score (nSPS) is 11.3. The first-order chi connectivity index (χ1) is 11.2. The van der Waals surface area contributed by atoms with Gasteiger partial charge in [-0.1, -0.05) is 27.2 Å². The Labute approximate surface area is 143 Å². The van der Waals surface area contributed by atoms with Gasteiger partial charge in [0, 0.05) is 5.56 Å². The number of ketones is 1. The molecular formula is C19H28O5. The molecule has 1 aromatic rings. The molecule has 0 unspecified atom stereocenters. The van der Waals surface area contributed by atoms with Crippen molar-refractivity contribution in [2.75, 3.05) is 6.61 Å². The fraction of sp³-hybridized carbons (Fsp3) is 0.579. The van der Waals surface area contributed by atoms with Crippen molar-refractivity contribution in [2.45, 2.75) is 59.8 Å². The van der Waals surface area contributed by atoms with Crippen molar-refractivity contribution in [3.63, 3.8) is 0 Å². The maximum absolute atomic E-state index is 11.5. The van der Waals surface area contributed by atoms with Crippen LogP contribution in [0.25, 0.3) is 0 Å². The van der Waals surface area contributed by atoms with E-state index in [0.29, 0.717) is 29.9 Å². The molecule has 0 bridgehead atoms. The van der Waals surface area contributed by atoms with Gasteiger partial charge in [-0.2, -0.15) is 0 Å². The van der Waals surface area contributed by atoms with Crippen LogP contribution in [0.15, 0.2) is 12.1 Å². The quantitative estimate of drug-likeness (QED) is 0.494. The van der Waals surface area contributed by atoms with Crippen molar-refractivity contribution in [2.24, 2.45) is 5.41 Å². The number of Topliss-reactive ketones (excluding diaryl/α,β-unsaturated/α-hetero) is 1. The van der Waals surface area contributed by atoms with Gasteiger partial charge in [-0.15, -0.1) is 0 Å². The van der Waals surface area contributed by atoms with Crippen LogP contribution in [0.1, 0.15) is 69.3 Å². The third kappa shape index (κ3) is 5.87. The molecule has 0 saturated carbocycles. The van der Waals surface area contributed by atoms with Crippen molar-refractivity contribution in [1.29, 1.82) is 0 Å². The molecule has 0 saturated heterocycles. The zero-order valence-corrected chi connectivity index (χ0v) is 15.0. The van der Waals surface area contributed by atoms with Gasteiger partial charge in [0.05, 0.1) is 18.6 Å². The number of carbonyl (C=O) groups excluding carboxylic acids is 1. The minimum Gasteiger partial charge on any atom is -0.507 e. The zero-order chi connectivity index (χ0) is 18.3. The van der Waals surface area contributed by atoms with Crippen molar-refractivity contribution in [1.82, 2.24) is 0 Å². The second-order valence-electron chi connectivity index (χ2n) is 6.93. The van der Waals surface area contributed by atoms with E-state index in [1.807, 2.05) is 20.8 Å². The van der Waals surface area contributed by atoms with E-state index in [9.17, 15) is 14.7 Å². The molecule has 0 amide bonds. The molecular weight excluding hydrogens is 308 g/mol. The number of carbonyl (C=O) groups is 2. The van der Waals surface area contributed by atoms with Crippen molar-refractivity contribution in [3.05, 3.63) is 23.3 Å². The summed E-state index contributed by atoms with van der Waals surface area (Å²) in [6.45, 7) is 7.72. The van der Waals surface area contributed by atoms with Gasteiger partial charge < -0.3 is 14.9 Å². The molecule has 0 aromatic heterocycles. The Morgan fingerprint density at radius 3 is 2.46 bits per heavy atom. The highest BCUT2D eigenvalue weighted by atomic mass is 16.5. The molecule has 5 nitrogen and oxygen atoms in total. The molecule has 0 aliphatic heterocycles. The third-order valence-corrected chi connectivity index (χ3v) is 4.00. The lowest BCUT2D eigenvalue weighted by Gasteiger charge is -2.22. The van der Waals surface area contributed by atoms with Gasteiger partial charge in [-0.25, -0.2) is 0 Å². The summed E-state index contributed by atoms with van der Waals surface area (Å²) in [5.41, 5.74) is 0.700. The molecule has 0 spiro atoms. The number of carboxylic acid groups (broad SMARTS) is 1. The molecule has 2 N–H and O–H groups in total. The first-order valence-electron chi connectivity index (χ1n) is 8.38. The zero-order valence-electron chi connectivity index (χ0n) is 15.0. The number of phenolic OH excluding ortho intramolecular Hbond substituents is 1. The minimum atomic E-state index is -0.795. The molecule has 0 aliphatic carbocycles. The molecule has 0 radical (unpaired) electrons. The number of hydrogen-bond acceptors (Lipinski definition) is 4. The predicted octanol–water partition coefficient (Wildman–Crippen LogP) is 4.21. The number of hydrogen-bond donors (Lipinski definition) is 2. The fourth-order valence-electron chi connectivity index (χ4n) is 2.76. The van der Waals surface area contributed by atoms with E-state index in [2.05, 4.69) is 0 Å². The number of aliphatic carboxylic acids is 1. The van der Waals surface area contributed by atoms with Crippen LogP contribution in [0, 0.1) is 5.41 Å². The van der Waals surface area contributed by atoms with Gasteiger partial charge in [-0.05, 0) is 43.7 Å². The first kappa shape index (κ1) is 20.0. The summed E-state index contributed by atoms with van der Waals surface area (Å²) in [5, 5.41) is 19.2. The topological polar surface area (TPSA) is 83.8 Å². The summed E-state index contributed by atoms with van der Waals surface area (Å²) in [6.07, 6.45) is 3.05. The second-order valence-corrected chi connectivity index (χ2v) is 6.93. The number of rotatable bonds is 10. The lowest BCUT2D eigenvalue weighted by molar-refractivity contribution is -0.139. The van der Waals surface area contributed by atoms with Crippen molar-refractivity contribution >= 4 is 11.8 Å². The molecule has 1 aromatic carbocycles. The summed E-state index contributed by atoms with van der Waals surface area (Å²) < 4.78 is 5.79. The summed E-state index contributed by atoms with van der Waals surface area (Å²) in [6, 6.07) is 3.31. The van der Waals surface area contributed by atoms with E-state index in [1.165, 1.54) is 6.92 Å². The maximum Gasteiger partial charge on any atom is 0.303 e. The van der Waals surface area contributed by atoms with Crippen LogP contribution >= 0.6 is 0 Å². The maximum atomic E-state index is 11.5. The Bertz CT molecular complexity index is 590. The van der Waals surface area contributed by atoms with Crippen LogP contribution in [-0.4, -0.2) is 28.6 Å². The molecule has 24 heavy (non-hydrogen) atoms. The van der Waals surface area contributed by atoms with Crippen LogP contribution in [0.3, 0.4) is 0 Å². The SMILES string of the molecule is CCCc1c(OCCCC(C)(C)CC(=O)O)ccc(C(C)=O)c1O. The van der Waals surface area contributed by atoms with Crippen LogP contribution in [0.5, 0.6) is 11.5 Å². The second kappa shape index (κ2) is 8.71. The van der Waals surface area contributed by atoms with Gasteiger partial charge in [0.1, 0.15) is 11.5 Å². The molecule has 0 aliphatic rings. The smallest absolute Gasteiger partial charge is 0.303 e.